The number of alkyl halides is 3. The molecule has 0 aromatic rings. The van der Waals surface area contributed by atoms with Gasteiger partial charge in [0.25, 0.3) is 0 Å². The third kappa shape index (κ3) is 30.0. The van der Waals surface area contributed by atoms with Gasteiger partial charge in [-0.2, -0.15) is 0 Å². The molecule has 0 saturated heterocycles. The number of nitrogens with one attached hydrogen (secondary N) is 6. The molecule has 25 heteroatoms. The van der Waals surface area contributed by atoms with Crippen LogP contribution < -0.4 is 31.9 Å². The van der Waals surface area contributed by atoms with Gasteiger partial charge in [-0.1, -0.05) is 15.9 Å². The maximum Gasteiger partial charge on any atom is 0.326 e. The molecule has 0 radical (unpaired) electrons. The Bertz CT molecular complexity index is 1270. The van der Waals surface area contributed by atoms with E-state index in [0.29, 0.717) is 6.54 Å². The lowest BCUT2D eigenvalue weighted by molar-refractivity contribution is -0.143. The second kappa shape index (κ2) is 34.2. The number of carbonyl (C=O) groups is 9. The number of carbonyl (C=O) groups excluding carboxylic acids is 7. The van der Waals surface area contributed by atoms with Gasteiger partial charge in [-0.25, -0.2) is 4.79 Å². The number of nitrogens with zero attached hydrogens (tertiary/aromatic N) is 1. The van der Waals surface area contributed by atoms with Crippen molar-refractivity contribution in [2.45, 2.75) is 37.8 Å². The van der Waals surface area contributed by atoms with Gasteiger partial charge in [0.2, 0.25) is 41.4 Å². The highest BCUT2D eigenvalue weighted by molar-refractivity contribution is 9.09. The average Bonchev–Trinajstić information content (AvgIpc) is 3.18. The van der Waals surface area contributed by atoms with Gasteiger partial charge in [0, 0.05) is 52.1 Å². The maximum atomic E-state index is 13.3. The smallest absolute Gasteiger partial charge is 0.326 e. The molecule has 0 aliphatic rings. The lowest BCUT2D eigenvalue weighted by atomic mass is 10.1. The highest BCUT2D eigenvalue weighted by Crippen LogP contribution is 2.05. The number of halogens is 3. The average molecular weight is 926 g/mol. The first-order valence-electron chi connectivity index (χ1n) is 17.6. The zero-order valence-corrected chi connectivity index (χ0v) is 34.4. The Balaban J connectivity index is 4.52. The minimum Gasteiger partial charge on any atom is -0.481 e. The van der Waals surface area contributed by atoms with Crippen LogP contribution in [0.2, 0.25) is 0 Å². The lowest BCUT2D eigenvalue weighted by Crippen LogP contribution is -2.52. The number of carboxylic acid groups (broad SMARTS) is 2. The fourth-order valence-electron chi connectivity index (χ4n) is 4.27. The molecule has 0 aliphatic carbocycles. The molecule has 0 unspecified atom stereocenters. The van der Waals surface area contributed by atoms with Gasteiger partial charge in [0.05, 0.1) is 45.0 Å². The molecule has 57 heavy (non-hydrogen) atoms. The summed E-state index contributed by atoms with van der Waals surface area (Å²) in [5.74, 6) is -6.87. The van der Waals surface area contributed by atoms with Crippen LogP contribution >= 0.6 is 39.1 Å². The third-order valence-electron chi connectivity index (χ3n) is 7.00. The summed E-state index contributed by atoms with van der Waals surface area (Å²) in [4.78, 5) is 108. The molecule has 0 aliphatic heterocycles. The second-order valence-corrected chi connectivity index (χ2v) is 12.6. The van der Waals surface area contributed by atoms with Crippen molar-refractivity contribution in [3.05, 3.63) is 0 Å². The molecular formula is C32H52BrCl2N7O15. The largest absolute Gasteiger partial charge is 0.481 e. The van der Waals surface area contributed by atoms with Crippen molar-refractivity contribution in [2.75, 3.05) is 109 Å². The van der Waals surface area contributed by atoms with Gasteiger partial charge in [0.15, 0.2) is 0 Å². The first-order chi connectivity index (χ1) is 27.2. The van der Waals surface area contributed by atoms with Crippen LogP contribution in [-0.4, -0.2) is 190 Å². The fraction of sp³-hybridized carbons (Fsp3) is 0.719. The lowest BCUT2D eigenvalue weighted by Gasteiger charge is -2.28. The zero-order chi connectivity index (χ0) is 42.8. The predicted octanol–water partition coefficient (Wildman–Crippen LogP) is -3.08. The van der Waals surface area contributed by atoms with Crippen molar-refractivity contribution in [2.24, 2.45) is 0 Å². The van der Waals surface area contributed by atoms with E-state index in [1.807, 2.05) is 0 Å². The quantitative estimate of drug-likeness (QED) is 0.0231. The zero-order valence-electron chi connectivity index (χ0n) is 31.3. The molecule has 0 fully saturated rings. The Labute approximate surface area is 347 Å². The van der Waals surface area contributed by atoms with Gasteiger partial charge >= 0.3 is 11.9 Å². The molecule has 8 N–H and O–H groups in total. The Morgan fingerprint density at radius 3 is 1.44 bits per heavy atom. The molecule has 0 heterocycles. The molecule has 0 rings (SSSR count). The Morgan fingerprint density at radius 2 is 0.982 bits per heavy atom. The van der Waals surface area contributed by atoms with Gasteiger partial charge in [0.1, 0.15) is 37.1 Å². The van der Waals surface area contributed by atoms with Gasteiger partial charge < -0.3 is 66.0 Å². The number of amides is 7. The highest BCUT2D eigenvalue weighted by Gasteiger charge is 2.27. The van der Waals surface area contributed by atoms with E-state index >= 15 is 0 Å². The van der Waals surface area contributed by atoms with Crippen LogP contribution in [0, 0.1) is 0 Å². The Morgan fingerprint density at radius 1 is 0.544 bits per heavy atom. The fourth-order valence-corrected chi connectivity index (χ4v) is 4.66. The second-order valence-electron chi connectivity index (χ2n) is 11.5. The summed E-state index contributed by atoms with van der Waals surface area (Å²) < 4.78 is 21.0. The molecule has 7 amide bonds. The standard InChI is InChI=1S/C32H52BrCl2N7O15/c33-17-25(44)39-8-12-55-14-16-57-21-29(48)41-23(32(52)53)1-3-24(43)38-7-11-54-13-15-56-20-28(47)40-22(2-4-30(49)50)31(51)42(9-5-36-26(45)18-34)10-6-37-27(46)19-35/h22-23H,1-21H2,(H,36,45)(H,37,46)(H,38,43)(H,39,44)(H,40,47)(H,41,48)(H,49,50)(H,52,53)/t22-,23-/m0/s1. The van der Waals surface area contributed by atoms with Gasteiger partial charge in [-0.15, -0.1) is 23.2 Å². The minimum absolute atomic E-state index is 0.00319. The van der Waals surface area contributed by atoms with Crippen molar-refractivity contribution >= 4 is 92.4 Å². The number of carboxylic acids is 2. The van der Waals surface area contributed by atoms with Crippen molar-refractivity contribution < 1.29 is 72.3 Å². The molecule has 326 valence electrons. The topological polar surface area (TPSA) is 306 Å². The first-order valence-corrected chi connectivity index (χ1v) is 19.8. The number of rotatable bonds is 35. The monoisotopic (exact) mass is 923 g/mol. The predicted molar refractivity (Wildman–Crippen MR) is 205 cm³/mol. The van der Waals surface area contributed by atoms with Crippen LogP contribution in [0.1, 0.15) is 25.7 Å². The molecule has 0 bridgehead atoms. The molecule has 0 aromatic heterocycles. The molecule has 0 aromatic carbocycles. The Hall–Kier alpha value is -3.87. The van der Waals surface area contributed by atoms with E-state index in [2.05, 4.69) is 47.8 Å². The molecule has 0 spiro atoms. The van der Waals surface area contributed by atoms with Crippen LogP contribution in [0.4, 0.5) is 0 Å². The van der Waals surface area contributed by atoms with Gasteiger partial charge in [-0.05, 0) is 12.8 Å². The van der Waals surface area contributed by atoms with Crippen molar-refractivity contribution in [1.82, 2.24) is 36.8 Å². The van der Waals surface area contributed by atoms with E-state index in [9.17, 15) is 48.3 Å². The maximum absolute atomic E-state index is 13.3. The van der Waals surface area contributed by atoms with Crippen molar-refractivity contribution in [3.8, 4) is 0 Å². The van der Waals surface area contributed by atoms with E-state index in [1.54, 1.807) is 0 Å². The Kier molecular flexibility index (Phi) is 31.9. The summed E-state index contributed by atoms with van der Waals surface area (Å²) in [6.45, 7) is -0.177. The van der Waals surface area contributed by atoms with Crippen LogP contribution in [0.25, 0.3) is 0 Å². The third-order valence-corrected chi connectivity index (χ3v) is 8.00. The number of aliphatic carboxylic acids is 2. The summed E-state index contributed by atoms with van der Waals surface area (Å²) in [6.07, 6.45) is -1.10. The first kappa shape index (κ1) is 53.1. The van der Waals surface area contributed by atoms with E-state index in [0.717, 1.165) is 0 Å². The SMILES string of the molecule is O=C(O)CC[C@H](NC(=O)COCCOCCNC(=O)CC[C@H](NC(=O)COCCOCCNC(=O)CBr)C(=O)O)C(=O)N(CCNC(=O)CCl)CCNC(=O)CCl. The van der Waals surface area contributed by atoms with E-state index in [1.165, 1.54) is 4.90 Å². The molecule has 2 atom stereocenters. The summed E-state index contributed by atoms with van der Waals surface area (Å²) in [5, 5.41) is 33.6. The van der Waals surface area contributed by atoms with Crippen molar-refractivity contribution in [3.63, 3.8) is 0 Å². The van der Waals surface area contributed by atoms with Crippen LogP contribution in [0.5, 0.6) is 0 Å². The van der Waals surface area contributed by atoms with Gasteiger partial charge in [-0.3, -0.25) is 38.4 Å². The number of hydrogen-bond donors (Lipinski definition) is 8. The molecular weight excluding hydrogens is 873 g/mol. The minimum atomic E-state index is -1.33. The summed E-state index contributed by atoms with van der Waals surface area (Å²) in [7, 11) is 0. The molecule has 0 saturated carbocycles. The molecule has 22 nitrogen and oxygen atoms in total. The van der Waals surface area contributed by atoms with Crippen LogP contribution in [0.15, 0.2) is 0 Å². The van der Waals surface area contributed by atoms with E-state index in [4.69, 9.17) is 47.3 Å². The van der Waals surface area contributed by atoms with Crippen molar-refractivity contribution in [1.29, 1.82) is 0 Å². The number of hydrogen-bond acceptors (Lipinski definition) is 13. The summed E-state index contributed by atoms with van der Waals surface area (Å²) in [6, 6.07) is -2.60. The van der Waals surface area contributed by atoms with E-state index < -0.39 is 79.1 Å². The number of ether oxygens (including phenoxy) is 4. The summed E-state index contributed by atoms with van der Waals surface area (Å²) >= 11 is 14.0. The normalized spacial score (nSPS) is 11.7. The summed E-state index contributed by atoms with van der Waals surface area (Å²) in [5.41, 5.74) is 0. The van der Waals surface area contributed by atoms with Crippen LogP contribution in [0.3, 0.4) is 0 Å². The highest BCUT2D eigenvalue weighted by atomic mass is 79.9. The van der Waals surface area contributed by atoms with Crippen LogP contribution in [-0.2, 0) is 62.1 Å². The van der Waals surface area contributed by atoms with E-state index in [-0.39, 0.29) is 115 Å².